The van der Waals surface area contributed by atoms with Crippen molar-refractivity contribution in [1.29, 1.82) is 0 Å². The third-order valence-electron chi connectivity index (χ3n) is 2.13. The van der Waals surface area contributed by atoms with Crippen LogP contribution in [0.4, 0.5) is 0 Å². The molecule has 5 heteroatoms. The van der Waals surface area contributed by atoms with E-state index in [1.165, 1.54) is 4.90 Å². The summed E-state index contributed by atoms with van der Waals surface area (Å²) in [6.07, 6.45) is 4.84. The van der Waals surface area contributed by atoms with Gasteiger partial charge >= 0.3 is 0 Å². The van der Waals surface area contributed by atoms with Crippen LogP contribution in [0.25, 0.3) is 6.08 Å². The quantitative estimate of drug-likeness (QED) is 0.606. The normalized spacial score (nSPS) is 18.7. The Hall–Kier alpha value is -1.62. The lowest BCUT2D eigenvalue weighted by Crippen LogP contribution is -2.30. The molecule has 1 aliphatic rings. The second kappa shape index (κ2) is 3.86. The van der Waals surface area contributed by atoms with Crippen molar-refractivity contribution in [2.75, 3.05) is 6.54 Å². The van der Waals surface area contributed by atoms with Crippen LogP contribution in [-0.4, -0.2) is 22.5 Å². The van der Waals surface area contributed by atoms with Crippen LogP contribution in [0.2, 0.25) is 0 Å². The van der Waals surface area contributed by atoms with Gasteiger partial charge in [0, 0.05) is 12.1 Å². The van der Waals surface area contributed by atoms with E-state index in [0.29, 0.717) is 17.4 Å². The minimum absolute atomic E-state index is 0.0938. The summed E-state index contributed by atoms with van der Waals surface area (Å²) in [5.41, 5.74) is 1.33. The average molecular weight is 222 g/mol. The summed E-state index contributed by atoms with van der Waals surface area (Å²) < 4.78 is 4.91. The van der Waals surface area contributed by atoms with Crippen LogP contribution in [-0.2, 0) is 4.79 Å². The van der Waals surface area contributed by atoms with Gasteiger partial charge in [0.2, 0.25) is 0 Å². The molecule has 15 heavy (non-hydrogen) atoms. The summed E-state index contributed by atoms with van der Waals surface area (Å²) in [7, 11) is 0. The SMILES string of the molecule is CCN1C(=O)C(=Cc2ccoc2)NC1=S. The van der Waals surface area contributed by atoms with E-state index < -0.39 is 0 Å². The van der Waals surface area contributed by atoms with Gasteiger partial charge in [0.25, 0.3) is 5.91 Å². The molecule has 2 heterocycles. The van der Waals surface area contributed by atoms with Gasteiger partial charge in [-0.1, -0.05) is 0 Å². The molecule has 0 spiro atoms. The van der Waals surface area contributed by atoms with E-state index in [9.17, 15) is 4.79 Å². The Morgan fingerprint density at radius 3 is 3.00 bits per heavy atom. The van der Waals surface area contributed by atoms with Gasteiger partial charge in [-0.3, -0.25) is 9.69 Å². The van der Waals surface area contributed by atoms with E-state index >= 15 is 0 Å². The molecule has 0 unspecified atom stereocenters. The average Bonchev–Trinajstić information content (AvgIpc) is 2.78. The highest BCUT2D eigenvalue weighted by molar-refractivity contribution is 7.80. The van der Waals surface area contributed by atoms with Gasteiger partial charge in [-0.25, -0.2) is 0 Å². The molecule has 1 aromatic rings. The minimum atomic E-state index is -0.0938. The molecule has 1 aromatic heterocycles. The maximum absolute atomic E-state index is 11.8. The Kier molecular flexibility index (Phi) is 2.55. The van der Waals surface area contributed by atoms with E-state index in [1.54, 1.807) is 24.7 Å². The zero-order valence-electron chi connectivity index (χ0n) is 8.19. The number of furan rings is 1. The van der Waals surface area contributed by atoms with Crippen molar-refractivity contribution in [2.45, 2.75) is 6.92 Å². The molecule has 0 saturated carbocycles. The van der Waals surface area contributed by atoms with E-state index in [2.05, 4.69) is 5.32 Å². The van der Waals surface area contributed by atoms with Crippen LogP contribution in [0.15, 0.2) is 28.7 Å². The third kappa shape index (κ3) is 1.78. The molecule has 1 saturated heterocycles. The van der Waals surface area contributed by atoms with Crippen LogP contribution < -0.4 is 5.32 Å². The number of nitrogens with zero attached hydrogens (tertiary/aromatic N) is 1. The molecule has 78 valence electrons. The molecular weight excluding hydrogens is 212 g/mol. The summed E-state index contributed by atoms with van der Waals surface area (Å²) in [6, 6.07) is 1.78. The molecule has 0 radical (unpaired) electrons. The largest absolute Gasteiger partial charge is 0.472 e. The summed E-state index contributed by atoms with van der Waals surface area (Å²) >= 11 is 5.02. The maximum Gasteiger partial charge on any atom is 0.276 e. The first kappa shape index (κ1) is 9.92. The molecule has 1 aliphatic heterocycles. The summed E-state index contributed by atoms with van der Waals surface area (Å²) in [5.74, 6) is -0.0938. The van der Waals surface area contributed by atoms with Crippen LogP contribution in [0.1, 0.15) is 12.5 Å². The fraction of sp³-hybridized carbons (Fsp3) is 0.200. The Balaban J connectivity index is 2.26. The van der Waals surface area contributed by atoms with E-state index in [-0.39, 0.29) is 5.91 Å². The number of likely N-dealkylation sites (N-methyl/N-ethyl adjacent to an activating group) is 1. The van der Waals surface area contributed by atoms with Crippen molar-refractivity contribution in [3.8, 4) is 0 Å². The minimum Gasteiger partial charge on any atom is -0.472 e. The number of amides is 1. The smallest absolute Gasteiger partial charge is 0.276 e. The van der Waals surface area contributed by atoms with E-state index in [0.717, 1.165) is 5.56 Å². The van der Waals surface area contributed by atoms with Crippen molar-refractivity contribution in [3.63, 3.8) is 0 Å². The summed E-state index contributed by atoms with van der Waals surface area (Å²) in [6.45, 7) is 2.46. The van der Waals surface area contributed by atoms with Crippen molar-refractivity contribution >= 4 is 29.3 Å². The lowest BCUT2D eigenvalue weighted by molar-refractivity contribution is -0.122. The Morgan fingerprint density at radius 1 is 1.67 bits per heavy atom. The predicted octanol–water partition coefficient (Wildman–Crippen LogP) is 1.36. The standard InChI is InChI=1S/C10H10N2O2S/c1-2-12-9(13)8(11-10(12)15)5-7-3-4-14-6-7/h3-6H,2H2,1H3,(H,11,15). The molecule has 0 aromatic carbocycles. The second-order valence-corrected chi connectivity index (χ2v) is 3.48. The number of carbonyl (C=O) groups is 1. The number of rotatable bonds is 2. The first-order valence-electron chi connectivity index (χ1n) is 4.59. The number of hydrogen-bond acceptors (Lipinski definition) is 3. The molecule has 0 bridgehead atoms. The van der Waals surface area contributed by atoms with Crippen LogP contribution in [0, 0.1) is 0 Å². The lowest BCUT2D eigenvalue weighted by atomic mass is 10.2. The van der Waals surface area contributed by atoms with Crippen LogP contribution >= 0.6 is 12.2 Å². The highest BCUT2D eigenvalue weighted by Crippen LogP contribution is 2.13. The molecule has 4 nitrogen and oxygen atoms in total. The van der Waals surface area contributed by atoms with E-state index in [4.69, 9.17) is 16.6 Å². The zero-order chi connectivity index (χ0) is 10.8. The summed E-state index contributed by atoms with van der Waals surface area (Å²) in [4.78, 5) is 13.3. The van der Waals surface area contributed by atoms with Crippen molar-refractivity contribution < 1.29 is 9.21 Å². The maximum atomic E-state index is 11.8. The first-order valence-corrected chi connectivity index (χ1v) is 5.00. The monoisotopic (exact) mass is 222 g/mol. The van der Waals surface area contributed by atoms with Gasteiger partial charge < -0.3 is 9.73 Å². The number of carbonyl (C=O) groups excluding carboxylic acids is 1. The fourth-order valence-corrected chi connectivity index (χ4v) is 1.70. The molecule has 1 fully saturated rings. The molecule has 2 rings (SSSR count). The zero-order valence-corrected chi connectivity index (χ0v) is 9.00. The third-order valence-corrected chi connectivity index (χ3v) is 2.46. The molecule has 1 amide bonds. The number of nitrogens with one attached hydrogen (secondary N) is 1. The van der Waals surface area contributed by atoms with Gasteiger partial charge in [0.15, 0.2) is 5.11 Å². The molecule has 0 atom stereocenters. The number of thiocarbonyl (C=S) groups is 1. The summed E-state index contributed by atoms with van der Waals surface area (Å²) in [5, 5.41) is 3.33. The van der Waals surface area contributed by atoms with Gasteiger partial charge in [-0.15, -0.1) is 0 Å². The second-order valence-electron chi connectivity index (χ2n) is 3.09. The first-order chi connectivity index (χ1) is 7.22. The van der Waals surface area contributed by atoms with Gasteiger partial charge in [0.1, 0.15) is 5.70 Å². The van der Waals surface area contributed by atoms with Crippen molar-refractivity contribution in [3.05, 3.63) is 29.9 Å². The topological polar surface area (TPSA) is 45.5 Å². The van der Waals surface area contributed by atoms with Crippen molar-refractivity contribution in [2.24, 2.45) is 0 Å². The van der Waals surface area contributed by atoms with Gasteiger partial charge in [-0.2, -0.15) is 0 Å². The highest BCUT2D eigenvalue weighted by Gasteiger charge is 2.28. The van der Waals surface area contributed by atoms with Crippen LogP contribution in [0.3, 0.4) is 0 Å². The van der Waals surface area contributed by atoms with Gasteiger partial charge in [-0.05, 0) is 31.3 Å². The molecule has 1 N–H and O–H groups in total. The Bertz CT molecular complexity index is 423. The molecular formula is C10H10N2O2S. The molecule has 0 aliphatic carbocycles. The Morgan fingerprint density at radius 2 is 2.47 bits per heavy atom. The van der Waals surface area contributed by atoms with Crippen LogP contribution in [0.5, 0.6) is 0 Å². The van der Waals surface area contributed by atoms with E-state index in [1.807, 2.05) is 6.92 Å². The van der Waals surface area contributed by atoms with Gasteiger partial charge in [0.05, 0.1) is 12.5 Å². The van der Waals surface area contributed by atoms with Crippen molar-refractivity contribution in [1.82, 2.24) is 10.2 Å². The highest BCUT2D eigenvalue weighted by atomic mass is 32.1. The fourth-order valence-electron chi connectivity index (χ4n) is 1.38. The lowest BCUT2D eigenvalue weighted by Gasteiger charge is -2.08. The Labute approximate surface area is 92.5 Å². The number of hydrogen-bond donors (Lipinski definition) is 1. The predicted molar refractivity (Wildman–Crippen MR) is 59.8 cm³/mol.